The molecule has 0 saturated carbocycles. The van der Waals surface area contributed by atoms with Crippen LogP contribution in [0.15, 0.2) is 48.8 Å². The molecule has 0 radical (unpaired) electrons. The fourth-order valence-corrected chi connectivity index (χ4v) is 3.51. The number of carbonyl (C=O) groups is 1. The summed E-state index contributed by atoms with van der Waals surface area (Å²) >= 11 is 0. The summed E-state index contributed by atoms with van der Waals surface area (Å²) in [5, 5.41) is 12.2. The molecule has 2 aromatic heterocycles. The largest absolute Gasteiger partial charge is 0.352 e. The number of halogens is 1. The highest BCUT2D eigenvalue weighted by atomic mass is 19.1. The fraction of sp³-hybridized carbons (Fsp3) is 0.150. The molecular formula is C20H15FN4O. The lowest BCUT2D eigenvalue weighted by Gasteiger charge is -2.15. The van der Waals surface area contributed by atoms with Crippen LogP contribution in [0.25, 0.3) is 22.4 Å². The molecule has 0 saturated heterocycles. The van der Waals surface area contributed by atoms with Crippen LogP contribution in [0.3, 0.4) is 0 Å². The van der Waals surface area contributed by atoms with Crippen molar-refractivity contribution in [1.82, 2.24) is 14.9 Å². The van der Waals surface area contributed by atoms with Crippen molar-refractivity contribution in [3.05, 3.63) is 65.9 Å². The summed E-state index contributed by atoms with van der Waals surface area (Å²) in [4.78, 5) is 16.7. The molecule has 3 heterocycles. The number of nitriles is 1. The molecule has 0 spiro atoms. The Morgan fingerprint density at radius 1 is 1.12 bits per heavy atom. The molecule has 4 rings (SSSR count). The minimum Gasteiger partial charge on any atom is -0.352 e. The van der Waals surface area contributed by atoms with E-state index in [1.165, 1.54) is 12.1 Å². The first-order valence-corrected chi connectivity index (χ1v) is 8.27. The summed E-state index contributed by atoms with van der Waals surface area (Å²) in [5.41, 5.74) is 4.49. The molecule has 5 nitrogen and oxygen atoms in total. The van der Waals surface area contributed by atoms with Crippen LogP contribution >= 0.6 is 0 Å². The second kappa shape index (κ2) is 6.45. The highest BCUT2D eigenvalue weighted by Crippen LogP contribution is 2.40. The Morgan fingerprint density at radius 3 is 2.54 bits per heavy atom. The molecule has 0 atom stereocenters. The number of pyridine rings is 1. The molecule has 3 aromatic rings. The monoisotopic (exact) mass is 346 g/mol. The summed E-state index contributed by atoms with van der Waals surface area (Å²) < 4.78 is 15.3. The molecule has 26 heavy (non-hydrogen) atoms. The average Bonchev–Trinajstić information content (AvgIpc) is 2.99. The molecule has 1 amide bonds. The second-order valence-corrected chi connectivity index (χ2v) is 6.04. The second-order valence-electron chi connectivity index (χ2n) is 6.04. The smallest absolute Gasteiger partial charge is 0.253 e. The van der Waals surface area contributed by atoms with Gasteiger partial charge in [-0.3, -0.25) is 9.78 Å². The average molecular weight is 346 g/mol. The molecule has 0 unspecified atom stereocenters. The number of rotatable bonds is 3. The Morgan fingerprint density at radius 2 is 1.85 bits per heavy atom. The Balaban J connectivity index is 2.09. The van der Waals surface area contributed by atoms with E-state index in [1.807, 2.05) is 16.7 Å². The van der Waals surface area contributed by atoms with Crippen LogP contribution in [0, 0.1) is 17.1 Å². The van der Waals surface area contributed by atoms with E-state index in [0.717, 1.165) is 28.1 Å². The number of hydrogen-bond donors (Lipinski definition) is 1. The standard InChI is InChI=1S/C20H15FN4O/c21-15-3-1-13(2-4-15)17-18-16(7-11-24-20(18)26)25(12-8-22)19(17)14-5-9-23-10-6-14/h1-6,9-10H,7,11-12H2,(H,24,26). The Kier molecular flexibility index (Phi) is 3.98. The van der Waals surface area contributed by atoms with E-state index in [4.69, 9.17) is 0 Å². The maximum Gasteiger partial charge on any atom is 0.253 e. The van der Waals surface area contributed by atoms with E-state index in [1.54, 1.807) is 24.5 Å². The van der Waals surface area contributed by atoms with Gasteiger partial charge in [0.25, 0.3) is 5.91 Å². The normalized spacial score (nSPS) is 13.0. The molecule has 1 aliphatic heterocycles. The lowest BCUT2D eigenvalue weighted by Crippen LogP contribution is -2.32. The quantitative estimate of drug-likeness (QED) is 0.792. The van der Waals surface area contributed by atoms with Crippen molar-refractivity contribution in [1.29, 1.82) is 5.26 Å². The first-order valence-electron chi connectivity index (χ1n) is 8.27. The van der Waals surface area contributed by atoms with Crippen molar-refractivity contribution in [3.8, 4) is 28.5 Å². The Hall–Kier alpha value is -3.46. The maximum absolute atomic E-state index is 13.4. The minimum atomic E-state index is -0.339. The van der Waals surface area contributed by atoms with Gasteiger partial charge in [-0.15, -0.1) is 0 Å². The highest BCUT2D eigenvalue weighted by Gasteiger charge is 2.30. The van der Waals surface area contributed by atoms with E-state index >= 15 is 0 Å². The van der Waals surface area contributed by atoms with Gasteiger partial charge in [-0.05, 0) is 29.8 Å². The molecule has 128 valence electrons. The molecule has 6 heteroatoms. The summed E-state index contributed by atoms with van der Waals surface area (Å²) in [7, 11) is 0. The van der Waals surface area contributed by atoms with Crippen LogP contribution < -0.4 is 5.32 Å². The molecular weight excluding hydrogens is 331 g/mol. The summed E-state index contributed by atoms with van der Waals surface area (Å²) in [5.74, 6) is -0.508. The van der Waals surface area contributed by atoms with Gasteiger partial charge in [-0.1, -0.05) is 12.1 Å². The third kappa shape index (κ3) is 2.54. The van der Waals surface area contributed by atoms with Crippen LogP contribution in [-0.4, -0.2) is 22.0 Å². The molecule has 0 fully saturated rings. The number of hydrogen-bond acceptors (Lipinski definition) is 3. The number of fused-ring (bicyclic) bond motifs is 1. The number of carbonyl (C=O) groups excluding carboxylic acids is 1. The van der Waals surface area contributed by atoms with Gasteiger partial charge in [-0.25, -0.2) is 4.39 Å². The molecule has 1 aromatic carbocycles. The van der Waals surface area contributed by atoms with Gasteiger partial charge in [0.15, 0.2) is 0 Å². The Bertz CT molecular complexity index is 1020. The van der Waals surface area contributed by atoms with Crippen molar-refractivity contribution >= 4 is 5.91 Å². The van der Waals surface area contributed by atoms with Gasteiger partial charge in [0.05, 0.1) is 17.3 Å². The summed E-state index contributed by atoms with van der Waals surface area (Å²) in [6, 6.07) is 12.0. The third-order valence-corrected chi connectivity index (χ3v) is 4.56. The van der Waals surface area contributed by atoms with Gasteiger partial charge in [-0.2, -0.15) is 5.26 Å². The van der Waals surface area contributed by atoms with E-state index in [2.05, 4.69) is 16.4 Å². The minimum absolute atomic E-state index is 0.133. The van der Waals surface area contributed by atoms with Crippen LogP contribution in [-0.2, 0) is 13.0 Å². The topological polar surface area (TPSA) is 70.7 Å². The molecule has 0 bridgehead atoms. The fourth-order valence-electron chi connectivity index (χ4n) is 3.51. The van der Waals surface area contributed by atoms with Crippen LogP contribution in [0.1, 0.15) is 16.1 Å². The van der Waals surface area contributed by atoms with Crippen LogP contribution in [0.5, 0.6) is 0 Å². The maximum atomic E-state index is 13.4. The molecule has 1 aliphatic rings. The van der Waals surface area contributed by atoms with Gasteiger partial charge in [0.2, 0.25) is 0 Å². The van der Waals surface area contributed by atoms with Gasteiger partial charge >= 0.3 is 0 Å². The highest BCUT2D eigenvalue weighted by molar-refractivity contribution is 6.07. The molecule has 1 N–H and O–H groups in total. The zero-order valence-electron chi connectivity index (χ0n) is 13.9. The van der Waals surface area contributed by atoms with Crippen LogP contribution in [0.2, 0.25) is 0 Å². The van der Waals surface area contributed by atoms with Crippen molar-refractivity contribution in [3.63, 3.8) is 0 Å². The number of nitrogens with one attached hydrogen (secondary N) is 1. The first-order chi connectivity index (χ1) is 12.7. The zero-order valence-corrected chi connectivity index (χ0v) is 13.9. The lowest BCUT2D eigenvalue weighted by atomic mass is 9.95. The number of nitrogens with zero attached hydrogens (tertiary/aromatic N) is 3. The Labute approximate surface area is 149 Å². The lowest BCUT2D eigenvalue weighted by molar-refractivity contribution is 0.0946. The van der Waals surface area contributed by atoms with Gasteiger partial charge < -0.3 is 9.88 Å². The van der Waals surface area contributed by atoms with Gasteiger partial charge in [0.1, 0.15) is 12.4 Å². The van der Waals surface area contributed by atoms with E-state index in [0.29, 0.717) is 18.5 Å². The predicted molar refractivity (Wildman–Crippen MR) is 94.7 cm³/mol. The van der Waals surface area contributed by atoms with Crippen molar-refractivity contribution in [2.45, 2.75) is 13.0 Å². The van der Waals surface area contributed by atoms with E-state index < -0.39 is 0 Å². The zero-order chi connectivity index (χ0) is 18.1. The van der Waals surface area contributed by atoms with E-state index in [-0.39, 0.29) is 18.3 Å². The first kappa shape index (κ1) is 16.0. The number of benzene rings is 1. The SMILES string of the molecule is N#CCn1c2c(c(-c3ccc(F)cc3)c1-c1ccncc1)C(=O)NCC2. The number of amides is 1. The van der Waals surface area contributed by atoms with Crippen LogP contribution in [0.4, 0.5) is 4.39 Å². The molecule has 0 aliphatic carbocycles. The predicted octanol–water partition coefficient (Wildman–Crippen LogP) is 3.17. The third-order valence-electron chi connectivity index (χ3n) is 4.56. The summed E-state index contributed by atoms with van der Waals surface area (Å²) in [6.45, 7) is 0.661. The van der Waals surface area contributed by atoms with E-state index in [9.17, 15) is 14.4 Å². The number of aromatic nitrogens is 2. The van der Waals surface area contributed by atoms with Crippen molar-refractivity contribution in [2.24, 2.45) is 0 Å². The summed E-state index contributed by atoms with van der Waals surface area (Å²) in [6.07, 6.45) is 3.99. The van der Waals surface area contributed by atoms with Crippen molar-refractivity contribution in [2.75, 3.05) is 6.54 Å². The van der Waals surface area contributed by atoms with Gasteiger partial charge in [0, 0.05) is 42.2 Å². The van der Waals surface area contributed by atoms with Crippen molar-refractivity contribution < 1.29 is 9.18 Å².